The molecule has 0 spiro atoms. The molecule has 0 saturated heterocycles. The molecule has 2 aromatic rings. The lowest BCUT2D eigenvalue weighted by Gasteiger charge is -2.08. The van der Waals surface area contributed by atoms with Gasteiger partial charge < -0.3 is 0 Å². The molecular formula is C15H10N2O2. The molecule has 92 valence electrons. The topological polar surface area (TPSA) is 52.0 Å². The van der Waals surface area contributed by atoms with E-state index in [1.165, 1.54) is 4.57 Å². The summed E-state index contributed by atoms with van der Waals surface area (Å²) in [6.45, 7) is 0. The number of fused-ring (bicyclic) bond motifs is 3. The Kier molecular flexibility index (Phi) is 1.93. The quantitative estimate of drug-likeness (QED) is 0.720. The molecule has 4 nitrogen and oxygen atoms in total. The molecular weight excluding hydrogens is 240 g/mol. The number of hydrogen-bond acceptors (Lipinski definition) is 3. The van der Waals surface area contributed by atoms with E-state index in [-0.39, 0.29) is 17.2 Å². The SMILES string of the molecule is O=C1C2=C(C=CCC2)n2c1nc1ccccc1c2=O. The summed E-state index contributed by atoms with van der Waals surface area (Å²) in [4.78, 5) is 29.2. The fourth-order valence-electron chi connectivity index (χ4n) is 2.73. The van der Waals surface area contributed by atoms with E-state index in [2.05, 4.69) is 4.98 Å². The van der Waals surface area contributed by atoms with Gasteiger partial charge in [0.15, 0.2) is 5.82 Å². The minimum Gasteiger partial charge on any atom is -0.285 e. The first-order valence-corrected chi connectivity index (χ1v) is 6.24. The average Bonchev–Trinajstić information content (AvgIpc) is 2.74. The zero-order valence-electron chi connectivity index (χ0n) is 10.1. The number of benzene rings is 1. The molecule has 0 N–H and O–H groups in total. The molecule has 1 aromatic heterocycles. The van der Waals surface area contributed by atoms with Gasteiger partial charge in [0.05, 0.1) is 16.6 Å². The zero-order chi connectivity index (χ0) is 13.0. The van der Waals surface area contributed by atoms with Gasteiger partial charge in [0, 0.05) is 5.57 Å². The number of rotatable bonds is 0. The zero-order valence-corrected chi connectivity index (χ0v) is 10.1. The van der Waals surface area contributed by atoms with Gasteiger partial charge in [-0.1, -0.05) is 18.2 Å². The minimum absolute atomic E-state index is 0.109. The Balaban J connectivity index is 2.16. The molecule has 0 fully saturated rings. The number of carbonyl (C=O) groups is 1. The minimum atomic E-state index is -0.162. The maximum absolute atomic E-state index is 12.5. The van der Waals surface area contributed by atoms with E-state index >= 15 is 0 Å². The molecule has 1 aromatic carbocycles. The van der Waals surface area contributed by atoms with Crippen LogP contribution in [0.3, 0.4) is 0 Å². The van der Waals surface area contributed by atoms with E-state index in [1.54, 1.807) is 18.2 Å². The maximum Gasteiger partial charge on any atom is 0.266 e. The van der Waals surface area contributed by atoms with E-state index in [1.807, 2.05) is 18.2 Å². The summed E-state index contributed by atoms with van der Waals surface area (Å²) >= 11 is 0. The second kappa shape index (κ2) is 3.51. The second-order valence-corrected chi connectivity index (χ2v) is 4.73. The number of para-hydroxylation sites is 1. The molecule has 2 aliphatic rings. The van der Waals surface area contributed by atoms with Crippen LogP contribution in [-0.4, -0.2) is 15.3 Å². The number of allylic oxidation sites excluding steroid dienone is 4. The highest BCUT2D eigenvalue weighted by Gasteiger charge is 2.32. The highest BCUT2D eigenvalue weighted by Crippen LogP contribution is 2.31. The summed E-state index contributed by atoms with van der Waals surface area (Å²) in [7, 11) is 0. The smallest absolute Gasteiger partial charge is 0.266 e. The van der Waals surface area contributed by atoms with Crippen molar-refractivity contribution in [2.75, 3.05) is 0 Å². The molecule has 1 aliphatic carbocycles. The van der Waals surface area contributed by atoms with Gasteiger partial charge in [-0.25, -0.2) is 4.98 Å². The molecule has 2 heterocycles. The largest absolute Gasteiger partial charge is 0.285 e. The van der Waals surface area contributed by atoms with Gasteiger partial charge in [0.2, 0.25) is 5.78 Å². The van der Waals surface area contributed by atoms with Gasteiger partial charge >= 0.3 is 0 Å². The van der Waals surface area contributed by atoms with Gasteiger partial charge in [-0.2, -0.15) is 0 Å². The third-order valence-electron chi connectivity index (χ3n) is 3.64. The maximum atomic E-state index is 12.5. The number of ketones is 1. The molecule has 0 saturated carbocycles. The van der Waals surface area contributed by atoms with Crippen molar-refractivity contribution in [1.82, 2.24) is 9.55 Å². The first-order chi connectivity index (χ1) is 9.27. The number of Topliss-reactive ketones (excluding diaryl/α,β-unsaturated/α-hetero) is 1. The first kappa shape index (κ1) is 10.4. The lowest BCUT2D eigenvalue weighted by Crippen LogP contribution is -2.22. The van der Waals surface area contributed by atoms with E-state index in [9.17, 15) is 9.59 Å². The number of aromatic nitrogens is 2. The van der Waals surface area contributed by atoms with Crippen LogP contribution in [-0.2, 0) is 0 Å². The highest BCUT2D eigenvalue weighted by atomic mass is 16.1. The van der Waals surface area contributed by atoms with Crippen molar-refractivity contribution in [3.63, 3.8) is 0 Å². The van der Waals surface area contributed by atoms with E-state index in [4.69, 9.17) is 0 Å². The van der Waals surface area contributed by atoms with Crippen LogP contribution < -0.4 is 5.56 Å². The van der Waals surface area contributed by atoms with Crippen LogP contribution in [0.1, 0.15) is 23.5 Å². The van der Waals surface area contributed by atoms with Crippen molar-refractivity contribution >= 4 is 22.4 Å². The standard InChI is InChI=1S/C15H10N2O2/c18-13-10-6-2-4-8-12(10)17-14(13)16-11-7-3-1-5-9(11)15(17)19/h1,3-5,7-8H,2,6H2. The van der Waals surface area contributed by atoms with Gasteiger partial charge in [-0.3, -0.25) is 14.2 Å². The van der Waals surface area contributed by atoms with Crippen LogP contribution in [0.4, 0.5) is 0 Å². The monoisotopic (exact) mass is 250 g/mol. The number of hydrogen-bond donors (Lipinski definition) is 0. The van der Waals surface area contributed by atoms with Crippen LogP contribution in [0, 0.1) is 0 Å². The summed E-state index contributed by atoms with van der Waals surface area (Å²) in [5.74, 6) is 0.141. The lowest BCUT2D eigenvalue weighted by atomic mass is 10.0. The Labute approximate surface area is 108 Å². The van der Waals surface area contributed by atoms with Crippen LogP contribution >= 0.6 is 0 Å². The van der Waals surface area contributed by atoms with Crippen LogP contribution in [0.15, 0.2) is 46.8 Å². The van der Waals surface area contributed by atoms with Crippen molar-refractivity contribution in [1.29, 1.82) is 0 Å². The lowest BCUT2D eigenvalue weighted by molar-refractivity contribution is 0.102. The van der Waals surface area contributed by atoms with Crippen LogP contribution in [0.5, 0.6) is 0 Å². The highest BCUT2D eigenvalue weighted by molar-refractivity contribution is 6.15. The predicted molar refractivity (Wildman–Crippen MR) is 71.9 cm³/mol. The fraction of sp³-hybridized carbons (Fsp3) is 0.133. The van der Waals surface area contributed by atoms with Gasteiger partial charge in [0.1, 0.15) is 0 Å². The number of carbonyl (C=O) groups excluding carboxylic acids is 1. The van der Waals surface area contributed by atoms with E-state index in [0.717, 1.165) is 6.42 Å². The second-order valence-electron chi connectivity index (χ2n) is 4.73. The number of nitrogens with zero attached hydrogens (tertiary/aromatic N) is 2. The normalized spacial score (nSPS) is 16.9. The van der Waals surface area contributed by atoms with E-state index in [0.29, 0.717) is 28.6 Å². The molecule has 19 heavy (non-hydrogen) atoms. The molecule has 0 atom stereocenters. The van der Waals surface area contributed by atoms with Gasteiger partial charge in [-0.05, 0) is 31.1 Å². The molecule has 1 aliphatic heterocycles. The van der Waals surface area contributed by atoms with Crippen molar-refractivity contribution in [2.45, 2.75) is 12.8 Å². The Morgan fingerprint density at radius 3 is 2.89 bits per heavy atom. The molecule has 4 heteroatoms. The summed E-state index contributed by atoms with van der Waals surface area (Å²) in [6, 6.07) is 7.13. The summed E-state index contributed by atoms with van der Waals surface area (Å²) in [5, 5.41) is 0.548. The summed E-state index contributed by atoms with van der Waals surface area (Å²) in [6.07, 6.45) is 5.37. The summed E-state index contributed by atoms with van der Waals surface area (Å²) < 4.78 is 1.45. The fourth-order valence-corrected chi connectivity index (χ4v) is 2.73. The van der Waals surface area contributed by atoms with Gasteiger partial charge in [0.25, 0.3) is 5.56 Å². The van der Waals surface area contributed by atoms with Crippen LogP contribution in [0.2, 0.25) is 0 Å². The predicted octanol–water partition coefficient (Wildman–Crippen LogP) is 2.15. The third-order valence-corrected chi connectivity index (χ3v) is 3.64. The molecule has 4 rings (SSSR count). The van der Waals surface area contributed by atoms with Crippen LogP contribution in [0.25, 0.3) is 16.6 Å². The molecule has 0 radical (unpaired) electrons. The first-order valence-electron chi connectivity index (χ1n) is 6.24. The Morgan fingerprint density at radius 2 is 2.00 bits per heavy atom. The molecule has 0 unspecified atom stereocenters. The Morgan fingerprint density at radius 1 is 1.16 bits per heavy atom. The van der Waals surface area contributed by atoms with E-state index < -0.39 is 0 Å². The van der Waals surface area contributed by atoms with Crippen molar-refractivity contribution in [3.8, 4) is 0 Å². The molecule has 0 amide bonds. The Bertz CT molecular complexity index is 856. The van der Waals surface area contributed by atoms with Crippen molar-refractivity contribution < 1.29 is 4.79 Å². The summed E-state index contributed by atoms with van der Waals surface area (Å²) in [5.41, 5.74) is 1.83. The van der Waals surface area contributed by atoms with Gasteiger partial charge in [-0.15, -0.1) is 0 Å². The van der Waals surface area contributed by atoms with Crippen molar-refractivity contribution in [3.05, 3.63) is 58.2 Å². The Hall–Kier alpha value is -2.49. The van der Waals surface area contributed by atoms with Crippen molar-refractivity contribution in [2.24, 2.45) is 0 Å². The average molecular weight is 250 g/mol. The third kappa shape index (κ3) is 1.25. The molecule has 0 bridgehead atoms.